The van der Waals surface area contributed by atoms with Crippen molar-refractivity contribution in [3.8, 4) is 5.75 Å². The molecule has 0 saturated carbocycles. The summed E-state index contributed by atoms with van der Waals surface area (Å²) in [6.07, 6.45) is 1.78. The third-order valence-corrected chi connectivity index (χ3v) is 1.45. The minimum absolute atomic E-state index is 0.297. The highest BCUT2D eigenvalue weighted by molar-refractivity contribution is 5.56. The van der Waals surface area contributed by atoms with E-state index in [4.69, 9.17) is 0 Å². The van der Waals surface area contributed by atoms with Crippen molar-refractivity contribution in [3.05, 3.63) is 41.1 Å². The summed E-state index contributed by atoms with van der Waals surface area (Å²) in [4.78, 5) is 0. The van der Waals surface area contributed by atoms with E-state index in [1.807, 2.05) is 26.0 Å². The molecule has 0 spiro atoms. The van der Waals surface area contributed by atoms with Crippen molar-refractivity contribution in [3.63, 3.8) is 0 Å². The van der Waals surface area contributed by atoms with E-state index in [1.165, 1.54) is 0 Å². The predicted molar refractivity (Wildman–Crippen MR) is 50.9 cm³/mol. The number of phenolic OH excluding ortho intramolecular Hbond substituents is 1. The normalized spacial score (nSPS) is 8.83. The molecule has 0 saturated heterocycles. The quantitative estimate of drug-likeness (QED) is 0.626. The molecule has 0 aliphatic rings. The maximum atomic E-state index is 9.34. The van der Waals surface area contributed by atoms with Crippen molar-refractivity contribution in [1.29, 1.82) is 0 Å². The number of aromatic hydroxyl groups is 1. The average molecular weight is 160 g/mol. The lowest BCUT2D eigenvalue weighted by Crippen LogP contribution is -1.71. The Kier molecular flexibility index (Phi) is 2.73. The topological polar surface area (TPSA) is 20.2 Å². The summed E-state index contributed by atoms with van der Waals surface area (Å²) >= 11 is 0. The number of para-hydroxylation sites is 1. The zero-order valence-electron chi connectivity index (χ0n) is 7.33. The molecule has 0 heterocycles. The summed E-state index contributed by atoms with van der Waals surface area (Å²) in [5.74, 6) is 0.297. The first-order valence-corrected chi connectivity index (χ1v) is 3.88. The Morgan fingerprint density at radius 1 is 1.33 bits per heavy atom. The van der Waals surface area contributed by atoms with E-state index < -0.39 is 0 Å². The van der Waals surface area contributed by atoms with Crippen LogP contribution in [0.25, 0.3) is 6.08 Å². The monoisotopic (exact) mass is 160 g/mol. The molecule has 0 radical (unpaired) electrons. The molecule has 1 nitrogen and oxygen atoms in total. The SMILES string of the molecule is CC(C)=C=Cc1ccccc1O. The summed E-state index contributed by atoms with van der Waals surface area (Å²) < 4.78 is 0. The van der Waals surface area contributed by atoms with Gasteiger partial charge in [-0.25, -0.2) is 0 Å². The molecule has 0 bridgehead atoms. The van der Waals surface area contributed by atoms with E-state index in [0.29, 0.717) is 5.75 Å². The van der Waals surface area contributed by atoms with Gasteiger partial charge in [-0.15, -0.1) is 5.73 Å². The molecular formula is C11H12O. The van der Waals surface area contributed by atoms with Gasteiger partial charge in [-0.1, -0.05) is 18.2 Å². The molecule has 1 aromatic carbocycles. The van der Waals surface area contributed by atoms with Crippen molar-refractivity contribution >= 4 is 6.08 Å². The molecule has 0 amide bonds. The lowest BCUT2D eigenvalue weighted by atomic mass is 10.2. The van der Waals surface area contributed by atoms with E-state index in [0.717, 1.165) is 11.1 Å². The Morgan fingerprint density at radius 3 is 2.58 bits per heavy atom. The summed E-state index contributed by atoms with van der Waals surface area (Å²) in [5.41, 5.74) is 4.93. The zero-order chi connectivity index (χ0) is 8.97. The van der Waals surface area contributed by atoms with Crippen LogP contribution < -0.4 is 0 Å². The molecule has 12 heavy (non-hydrogen) atoms. The van der Waals surface area contributed by atoms with Crippen LogP contribution in [0.5, 0.6) is 5.75 Å². The first kappa shape index (κ1) is 8.63. The molecule has 0 aliphatic carbocycles. The van der Waals surface area contributed by atoms with Crippen LogP contribution in [-0.2, 0) is 0 Å². The van der Waals surface area contributed by atoms with Crippen molar-refractivity contribution in [2.24, 2.45) is 0 Å². The fourth-order valence-corrected chi connectivity index (χ4v) is 0.832. The summed E-state index contributed by atoms with van der Waals surface area (Å²) in [7, 11) is 0. The zero-order valence-corrected chi connectivity index (χ0v) is 7.33. The Bertz CT molecular complexity index is 327. The van der Waals surface area contributed by atoms with E-state index in [9.17, 15) is 5.11 Å². The van der Waals surface area contributed by atoms with E-state index in [1.54, 1.807) is 18.2 Å². The van der Waals surface area contributed by atoms with Gasteiger partial charge in [0.25, 0.3) is 0 Å². The number of phenols is 1. The van der Waals surface area contributed by atoms with Crippen LogP contribution in [0.1, 0.15) is 19.4 Å². The van der Waals surface area contributed by atoms with Gasteiger partial charge in [0.15, 0.2) is 0 Å². The first-order valence-electron chi connectivity index (χ1n) is 3.88. The molecule has 0 unspecified atom stereocenters. The number of hydrogen-bond donors (Lipinski definition) is 1. The molecule has 1 N–H and O–H groups in total. The maximum absolute atomic E-state index is 9.34. The second-order valence-corrected chi connectivity index (χ2v) is 2.85. The molecule has 0 aliphatic heterocycles. The minimum atomic E-state index is 0.297. The predicted octanol–water partition coefficient (Wildman–Crippen LogP) is 2.97. The smallest absolute Gasteiger partial charge is 0.123 e. The van der Waals surface area contributed by atoms with Crippen LogP contribution in [0.15, 0.2) is 35.6 Å². The molecule has 62 valence electrons. The van der Waals surface area contributed by atoms with E-state index in [-0.39, 0.29) is 0 Å². The van der Waals surface area contributed by atoms with Gasteiger partial charge in [0.1, 0.15) is 5.75 Å². The number of hydrogen-bond acceptors (Lipinski definition) is 1. The van der Waals surface area contributed by atoms with Gasteiger partial charge in [0.05, 0.1) is 0 Å². The number of allylic oxidation sites excluding steroid dienone is 1. The van der Waals surface area contributed by atoms with Crippen LogP contribution in [0, 0.1) is 0 Å². The van der Waals surface area contributed by atoms with Crippen molar-refractivity contribution < 1.29 is 5.11 Å². The van der Waals surface area contributed by atoms with Gasteiger partial charge >= 0.3 is 0 Å². The van der Waals surface area contributed by atoms with Gasteiger partial charge < -0.3 is 5.11 Å². The fraction of sp³-hybridized carbons (Fsp3) is 0.182. The van der Waals surface area contributed by atoms with Crippen LogP contribution in [0.4, 0.5) is 0 Å². The molecule has 0 fully saturated rings. The fourth-order valence-electron chi connectivity index (χ4n) is 0.832. The lowest BCUT2D eigenvalue weighted by molar-refractivity contribution is 0.474. The largest absolute Gasteiger partial charge is 0.507 e. The Labute approximate surface area is 72.7 Å². The summed E-state index contributed by atoms with van der Waals surface area (Å²) in [6, 6.07) is 7.21. The Balaban J connectivity index is 3.05. The highest BCUT2D eigenvalue weighted by Gasteiger charge is 1.91. The third-order valence-electron chi connectivity index (χ3n) is 1.45. The van der Waals surface area contributed by atoms with E-state index in [2.05, 4.69) is 5.73 Å². The van der Waals surface area contributed by atoms with Gasteiger partial charge in [0, 0.05) is 5.56 Å². The molecule has 1 aromatic rings. The van der Waals surface area contributed by atoms with Crippen molar-refractivity contribution in [2.75, 3.05) is 0 Å². The number of benzene rings is 1. The Hall–Kier alpha value is -1.46. The van der Waals surface area contributed by atoms with Crippen LogP contribution in [-0.4, -0.2) is 5.11 Å². The van der Waals surface area contributed by atoms with Gasteiger partial charge in [0.2, 0.25) is 0 Å². The summed E-state index contributed by atoms with van der Waals surface area (Å²) in [6.45, 7) is 3.94. The van der Waals surface area contributed by atoms with Gasteiger partial charge in [-0.05, 0) is 31.6 Å². The molecule has 0 aromatic heterocycles. The molecular weight excluding hydrogens is 148 g/mol. The van der Waals surface area contributed by atoms with Crippen molar-refractivity contribution in [1.82, 2.24) is 0 Å². The van der Waals surface area contributed by atoms with Gasteiger partial charge in [-0.2, -0.15) is 0 Å². The molecule has 0 atom stereocenters. The average Bonchev–Trinajstić information content (AvgIpc) is 2.03. The highest BCUT2D eigenvalue weighted by atomic mass is 16.3. The lowest BCUT2D eigenvalue weighted by Gasteiger charge is -1.94. The molecule has 1 heteroatoms. The standard InChI is InChI=1S/C11H12O/c1-9(2)7-8-10-5-3-4-6-11(10)12/h3-6,8,12H,1-2H3. The second kappa shape index (κ2) is 3.80. The van der Waals surface area contributed by atoms with E-state index >= 15 is 0 Å². The Morgan fingerprint density at radius 2 is 2.00 bits per heavy atom. The highest BCUT2D eigenvalue weighted by Crippen LogP contribution is 2.16. The second-order valence-electron chi connectivity index (χ2n) is 2.85. The minimum Gasteiger partial charge on any atom is -0.507 e. The van der Waals surface area contributed by atoms with Crippen LogP contribution in [0.3, 0.4) is 0 Å². The van der Waals surface area contributed by atoms with Gasteiger partial charge in [-0.3, -0.25) is 0 Å². The first-order chi connectivity index (χ1) is 5.70. The molecule has 1 rings (SSSR count). The third kappa shape index (κ3) is 2.30. The maximum Gasteiger partial charge on any atom is 0.123 e. The van der Waals surface area contributed by atoms with Crippen LogP contribution in [0.2, 0.25) is 0 Å². The van der Waals surface area contributed by atoms with Crippen molar-refractivity contribution in [2.45, 2.75) is 13.8 Å². The summed E-state index contributed by atoms with van der Waals surface area (Å²) in [5, 5.41) is 9.34. The number of rotatable bonds is 1. The van der Waals surface area contributed by atoms with Crippen LogP contribution >= 0.6 is 0 Å².